The normalized spacial score (nSPS) is 10.2. The molecule has 12 heteroatoms. The Morgan fingerprint density at radius 2 is 1.20 bits per heavy atom. The highest BCUT2D eigenvalue weighted by atomic mass is 16.5. The van der Waals surface area contributed by atoms with Gasteiger partial charge in [-0.1, -0.05) is 24.3 Å². The number of esters is 2. The highest BCUT2D eigenvalue weighted by molar-refractivity contribution is 5.95. The zero-order chi connectivity index (χ0) is 29.1. The number of nitrogens with zero attached hydrogens (tertiary/aromatic N) is 4. The van der Waals surface area contributed by atoms with E-state index in [4.69, 9.17) is 14.2 Å². The predicted molar refractivity (Wildman–Crippen MR) is 143 cm³/mol. The molecule has 2 aromatic heterocycles. The molecule has 2 heterocycles. The number of methoxy groups -OCH3 is 4. The molecular weight excluding hydrogens is 520 g/mol. The SMILES string of the molecule is COC(=O)c1c(C=O)ncn1Cc1ccc(OC)cc1.COC(=O)c1c(CO)ncn1Cc1ccc(OC)cc1. The number of benzene rings is 2. The van der Waals surface area contributed by atoms with Crippen LogP contribution in [0.1, 0.15) is 48.3 Å². The molecule has 40 heavy (non-hydrogen) atoms. The molecule has 0 saturated carbocycles. The summed E-state index contributed by atoms with van der Waals surface area (Å²) in [5, 5.41) is 9.21. The molecule has 0 aliphatic heterocycles. The lowest BCUT2D eigenvalue weighted by Gasteiger charge is -2.08. The third-order valence-electron chi connectivity index (χ3n) is 5.82. The van der Waals surface area contributed by atoms with Gasteiger partial charge >= 0.3 is 11.9 Å². The fraction of sp³-hybridized carbons (Fsp3) is 0.250. The van der Waals surface area contributed by atoms with E-state index in [-0.39, 0.29) is 23.7 Å². The number of carbonyl (C=O) groups excluding carboxylic acids is 3. The second-order valence-electron chi connectivity index (χ2n) is 8.23. The van der Waals surface area contributed by atoms with E-state index in [9.17, 15) is 19.5 Å². The second kappa shape index (κ2) is 14.3. The Morgan fingerprint density at radius 1 is 0.750 bits per heavy atom. The first-order valence-electron chi connectivity index (χ1n) is 12.0. The van der Waals surface area contributed by atoms with E-state index >= 15 is 0 Å². The summed E-state index contributed by atoms with van der Waals surface area (Å²) in [7, 11) is 5.76. The van der Waals surface area contributed by atoms with Gasteiger partial charge in [-0.15, -0.1) is 0 Å². The van der Waals surface area contributed by atoms with Crippen LogP contribution in [0.4, 0.5) is 0 Å². The van der Waals surface area contributed by atoms with Crippen LogP contribution >= 0.6 is 0 Å². The Labute approximate surface area is 230 Å². The maximum absolute atomic E-state index is 11.8. The van der Waals surface area contributed by atoms with Crippen LogP contribution in [-0.2, 0) is 29.2 Å². The van der Waals surface area contributed by atoms with Crippen molar-refractivity contribution in [3.63, 3.8) is 0 Å². The van der Waals surface area contributed by atoms with Crippen LogP contribution in [0.25, 0.3) is 0 Å². The number of hydrogen-bond acceptors (Lipinski definition) is 10. The van der Waals surface area contributed by atoms with Crippen molar-refractivity contribution >= 4 is 18.2 Å². The van der Waals surface area contributed by atoms with Crippen LogP contribution < -0.4 is 9.47 Å². The highest BCUT2D eigenvalue weighted by Crippen LogP contribution is 2.16. The molecule has 2 aromatic carbocycles. The van der Waals surface area contributed by atoms with E-state index in [1.54, 1.807) is 23.4 Å². The van der Waals surface area contributed by atoms with Crippen LogP contribution in [-0.4, -0.2) is 70.9 Å². The van der Waals surface area contributed by atoms with Crippen LogP contribution in [0.5, 0.6) is 11.5 Å². The predicted octanol–water partition coefficient (Wildman–Crippen LogP) is 2.76. The van der Waals surface area contributed by atoms with Crippen molar-refractivity contribution in [1.82, 2.24) is 19.1 Å². The Hall–Kier alpha value is -4.97. The van der Waals surface area contributed by atoms with Gasteiger partial charge in [0.15, 0.2) is 17.7 Å². The summed E-state index contributed by atoms with van der Waals surface area (Å²) < 4.78 is 22.8. The number of aliphatic hydroxyl groups excluding tert-OH is 1. The summed E-state index contributed by atoms with van der Waals surface area (Å²) in [5.74, 6) is 0.419. The van der Waals surface area contributed by atoms with Crippen molar-refractivity contribution < 1.29 is 38.4 Å². The first-order chi connectivity index (χ1) is 19.4. The Balaban J connectivity index is 0.000000220. The van der Waals surface area contributed by atoms with Gasteiger partial charge in [-0.3, -0.25) is 4.79 Å². The Morgan fingerprint density at radius 3 is 1.62 bits per heavy atom. The molecule has 0 fully saturated rings. The van der Waals surface area contributed by atoms with Gasteiger partial charge in [0.1, 0.15) is 17.2 Å². The molecule has 1 N–H and O–H groups in total. The largest absolute Gasteiger partial charge is 0.497 e. The maximum Gasteiger partial charge on any atom is 0.357 e. The zero-order valence-electron chi connectivity index (χ0n) is 22.6. The number of aliphatic hydroxyl groups is 1. The van der Waals surface area contributed by atoms with Gasteiger partial charge in [-0.25, -0.2) is 19.6 Å². The summed E-state index contributed by atoms with van der Waals surface area (Å²) in [6.07, 6.45) is 3.50. The molecule has 0 amide bonds. The van der Waals surface area contributed by atoms with Gasteiger partial charge in [-0.05, 0) is 35.4 Å². The lowest BCUT2D eigenvalue weighted by atomic mass is 10.2. The smallest absolute Gasteiger partial charge is 0.357 e. The number of imidazole rings is 2. The molecule has 0 bridgehead atoms. The van der Waals surface area contributed by atoms with Crippen molar-refractivity contribution in [2.24, 2.45) is 0 Å². The quantitative estimate of drug-likeness (QED) is 0.231. The fourth-order valence-corrected chi connectivity index (χ4v) is 3.77. The number of hydrogen-bond donors (Lipinski definition) is 1. The first kappa shape index (κ1) is 29.6. The lowest BCUT2D eigenvalue weighted by molar-refractivity contribution is 0.0577. The third-order valence-corrected chi connectivity index (χ3v) is 5.82. The number of carbonyl (C=O) groups is 3. The third kappa shape index (κ3) is 7.11. The Bertz CT molecular complexity index is 1430. The summed E-state index contributed by atoms with van der Waals surface area (Å²) >= 11 is 0. The number of rotatable bonds is 10. The number of ether oxygens (including phenoxy) is 4. The van der Waals surface area contributed by atoms with E-state index in [0.29, 0.717) is 25.1 Å². The van der Waals surface area contributed by atoms with Crippen LogP contribution in [0.2, 0.25) is 0 Å². The van der Waals surface area contributed by atoms with Crippen molar-refractivity contribution in [1.29, 1.82) is 0 Å². The average Bonchev–Trinajstić information content (AvgIpc) is 3.60. The molecule has 0 spiro atoms. The summed E-state index contributed by atoms with van der Waals surface area (Å²) in [4.78, 5) is 42.3. The molecule has 0 aliphatic rings. The van der Waals surface area contributed by atoms with Gasteiger partial charge in [-0.2, -0.15) is 0 Å². The minimum Gasteiger partial charge on any atom is -0.497 e. The van der Waals surface area contributed by atoms with E-state index in [1.165, 1.54) is 26.9 Å². The summed E-state index contributed by atoms with van der Waals surface area (Å²) in [6.45, 7) is 0.566. The zero-order valence-corrected chi connectivity index (χ0v) is 22.6. The topological polar surface area (TPSA) is 144 Å². The summed E-state index contributed by atoms with van der Waals surface area (Å²) in [5.41, 5.74) is 2.74. The molecule has 0 aliphatic carbocycles. The molecular formula is C28H30N4O8. The molecule has 0 saturated heterocycles. The van der Waals surface area contributed by atoms with Gasteiger partial charge in [0, 0.05) is 13.1 Å². The molecule has 0 atom stereocenters. The monoisotopic (exact) mass is 550 g/mol. The Kier molecular flexibility index (Phi) is 10.5. The van der Waals surface area contributed by atoms with Gasteiger partial charge in [0.05, 0.1) is 53.4 Å². The van der Waals surface area contributed by atoms with Crippen LogP contribution in [0, 0.1) is 0 Å². The van der Waals surface area contributed by atoms with Gasteiger partial charge < -0.3 is 33.2 Å². The highest BCUT2D eigenvalue weighted by Gasteiger charge is 2.20. The van der Waals surface area contributed by atoms with E-state index in [1.807, 2.05) is 48.5 Å². The van der Waals surface area contributed by atoms with E-state index in [0.717, 1.165) is 22.6 Å². The fourth-order valence-electron chi connectivity index (χ4n) is 3.77. The lowest BCUT2D eigenvalue weighted by Crippen LogP contribution is -2.13. The minimum absolute atomic E-state index is 0.0744. The first-order valence-corrected chi connectivity index (χ1v) is 12.0. The molecule has 0 unspecified atom stereocenters. The summed E-state index contributed by atoms with van der Waals surface area (Å²) in [6, 6.07) is 14.9. The average molecular weight is 551 g/mol. The van der Waals surface area contributed by atoms with Crippen molar-refractivity contribution in [3.05, 3.63) is 95.1 Å². The van der Waals surface area contributed by atoms with Crippen molar-refractivity contribution in [3.8, 4) is 11.5 Å². The van der Waals surface area contributed by atoms with E-state index < -0.39 is 11.9 Å². The van der Waals surface area contributed by atoms with E-state index in [2.05, 4.69) is 14.7 Å². The van der Waals surface area contributed by atoms with Crippen LogP contribution in [0.15, 0.2) is 61.2 Å². The number of aldehydes is 1. The van der Waals surface area contributed by atoms with Crippen molar-refractivity contribution in [2.45, 2.75) is 19.7 Å². The maximum atomic E-state index is 11.8. The minimum atomic E-state index is -0.585. The second-order valence-corrected chi connectivity index (χ2v) is 8.23. The molecule has 210 valence electrons. The van der Waals surface area contributed by atoms with Gasteiger partial charge in [0.2, 0.25) is 0 Å². The van der Waals surface area contributed by atoms with Crippen LogP contribution in [0.3, 0.4) is 0 Å². The molecule has 4 rings (SSSR count). The number of aromatic nitrogens is 4. The van der Waals surface area contributed by atoms with Gasteiger partial charge in [0.25, 0.3) is 0 Å². The van der Waals surface area contributed by atoms with Crippen molar-refractivity contribution in [2.75, 3.05) is 28.4 Å². The molecule has 4 aromatic rings. The molecule has 0 radical (unpaired) electrons. The standard InChI is InChI=1S/C14H16N2O4.C14H14N2O4/c2*1-19-11-5-3-10(4-6-11)7-16-9-15-12(8-17)13(16)14(18)20-2/h3-6,9,17H,7-8H2,1-2H3;3-6,8-9H,7H2,1-2H3. The molecule has 12 nitrogen and oxygen atoms in total.